The molecular formula is C15H13Cl2N3O2. The number of hydrogen-bond acceptors (Lipinski definition) is 4. The molecule has 1 aromatic carbocycles. The molecule has 5 nitrogen and oxygen atoms in total. The summed E-state index contributed by atoms with van der Waals surface area (Å²) < 4.78 is 5.37. The molecule has 114 valence electrons. The molecule has 2 aromatic rings. The number of amides is 1. The predicted octanol–water partition coefficient (Wildman–Crippen LogP) is 4.09. The number of halogens is 2. The van der Waals surface area contributed by atoms with E-state index in [9.17, 15) is 4.79 Å². The van der Waals surface area contributed by atoms with E-state index in [1.54, 1.807) is 0 Å². The van der Waals surface area contributed by atoms with Crippen LogP contribution in [0.2, 0.25) is 10.4 Å². The van der Waals surface area contributed by atoms with Crippen molar-refractivity contribution in [2.24, 2.45) is 0 Å². The summed E-state index contributed by atoms with van der Waals surface area (Å²) in [5.74, 6) is 0.366. The van der Waals surface area contributed by atoms with Crippen LogP contribution in [0.25, 0.3) is 0 Å². The summed E-state index contributed by atoms with van der Waals surface area (Å²) in [6.45, 7) is 0.204. The van der Waals surface area contributed by atoms with Crippen molar-refractivity contribution in [3.63, 3.8) is 0 Å². The fourth-order valence-electron chi connectivity index (χ4n) is 2.05. The van der Waals surface area contributed by atoms with Crippen molar-refractivity contribution in [1.29, 1.82) is 0 Å². The summed E-state index contributed by atoms with van der Waals surface area (Å²) >= 11 is 11.7. The number of hydrogen-bond donors (Lipinski definition) is 0. The SMILES string of the molecule is O=C(OCc1ccccc1)N(c1cc(Cl)nc(Cl)n1)C1CC1. The highest BCUT2D eigenvalue weighted by Gasteiger charge is 2.36. The van der Waals surface area contributed by atoms with Gasteiger partial charge in [0.15, 0.2) is 0 Å². The first-order valence-electron chi connectivity index (χ1n) is 6.83. The van der Waals surface area contributed by atoms with Gasteiger partial charge in [-0.3, -0.25) is 4.90 Å². The van der Waals surface area contributed by atoms with Gasteiger partial charge in [0.25, 0.3) is 0 Å². The van der Waals surface area contributed by atoms with E-state index in [1.807, 2.05) is 30.3 Å². The fourth-order valence-corrected chi connectivity index (χ4v) is 2.45. The minimum atomic E-state index is -0.461. The van der Waals surface area contributed by atoms with Crippen molar-refractivity contribution < 1.29 is 9.53 Å². The van der Waals surface area contributed by atoms with Gasteiger partial charge in [-0.1, -0.05) is 41.9 Å². The van der Waals surface area contributed by atoms with Gasteiger partial charge in [0, 0.05) is 12.1 Å². The van der Waals surface area contributed by atoms with E-state index < -0.39 is 6.09 Å². The van der Waals surface area contributed by atoms with Gasteiger partial charge in [0.1, 0.15) is 17.6 Å². The number of aromatic nitrogens is 2. The third kappa shape index (κ3) is 3.67. The number of anilines is 1. The molecule has 1 fully saturated rings. The van der Waals surface area contributed by atoms with Crippen molar-refractivity contribution in [3.05, 3.63) is 52.4 Å². The van der Waals surface area contributed by atoms with Crippen molar-refractivity contribution in [2.45, 2.75) is 25.5 Å². The number of benzene rings is 1. The maximum atomic E-state index is 12.4. The van der Waals surface area contributed by atoms with E-state index >= 15 is 0 Å². The molecule has 3 rings (SSSR count). The van der Waals surface area contributed by atoms with Gasteiger partial charge in [0.05, 0.1) is 0 Å². The third-order valence-corrected chi connectivity index (χ3v) is 3.58. The lowest BCUT2D eigenvalue weighted by atomic mass is 10.2. The number of carbonyl (C=O) groups is 1. The Labute approximate surface area is 137 Å². The number of carbonyl (C=O) groups excluding carboxylic acids is 1. The van der Waals surface area contributed by atoms with Gasteiger partial charge in [-0.25, -0.2) is 9.78 Å². The highest BCUT2D eigenvalue weighted by Crippen LogP contribution is 2.32. The van der Waals surface area contributed by atoms with Gasteiger partial charge in [-0.05, 0) is 30.0 Å². The van der Waals surface area contributed by atoms with Crippen LogP contribution in [0.15, 0.2) is 36.4 Å². The van der Waals surface area contributed by atoms with Crippen molar-refractivity contribution in [3.8, 4) is 0 Å². The van der Waals surface area contributed by atoms with Crippen LogP contribution in [0, 0.1) is 0 Å². The van der Waals surface area contributed by atoms with Gasteiger partial charge in [-0.2, -0.15) is 4.98 Å². The smallest absolute Gasteiger partial charge is 0.416 e. The normalized spacial score (nSPS) is 13.7. The standard InChI is InChI=1S/C15H13Cl2N3O2/c16-12-8-13(19-14(17)18-12)20(11-6-7-11)15(21)22-9-10-4-2-1-3-5-10/h1-5,8,11H,6-7,9H2. The van der Waals surface area contributed by atoms with E-state index in [0.717, 1.165) is 18.4 Å². The first kappa shape index (κ1) is 15.1. The van der Waals surface area contributed by atoms with E-state index in [1.165, 1.54) is 11.0 Å². The fraction of sp³-hybridized carbons (Fsp3) is 0.267. The van der Waals surface area contributed by atoms with Crippen LogP contribution in [0.1, 0.15) is 18.4 Å². The molecule has 7 heteroatoms. The highest BCUT2D eigenvalue weighted by atomic mass is 35.5. The lowest BCUT2D eigenvalue weighted by Crippen LogP contribution is -2.34. The third-order valence-electron chi connectivity index (χ3n) is 3.21. The average molecular weight is 338 g/mol. The Morgan fingerprint density at radius 3 is 2.59 bits per heavy atom. The average Bonchev–Trinajstić information content (AvgIpc) is 3.30. The molecule has 1 amide bonds. The van der Waals surface area contributed by atoms with Crippen LogP contribution in [0.3, 0.4) is 0 Å². The summed E-state index contributed by atoms with van der Waals surface area (Å²) in [4.78, 5) is 21.7. The monoisotopic (exact) mass is 337 g/mol. The molecule has 0 N–H and O–H groups in total. The van der Waals surface area contributed by atoms with Crippen LogP contribution in [0.4, 0.5) is 10.6 Å². The Bertz CT molecular complexity index is 657. The summed E-state index contributed by atoms with van der Waals surface area (Å²) in [6.07, 6.45) is 1.34. The quantitative estimate of drug-likeness (QED) is 0.622. The van der Waals surface area contributed by atoms with Crippen LogP contribution >= 0.6 is 23.2 Å². The summed E-state index contributed by atoms with van der Waals surface area (Å²) in [5, 5.41) is 0.195. The van der Waals surface area contributed by atoms with E-state index in [2.05, 4.69) is 9.97 Å². The van der Waals surface area contributed by atoms with Gasteiger partial charge in [0.2, 0.25) is 5.28 Å². The Morgan fingerprint density at radius 1 is 1.23 bits per heavy atom. The van der Waals surface area contributed by atoms with E-state index in [4.69, 9.17) is 27.9 Å². The van der Waals surface area contributed by atoms with E-state index in [-0.39, 0.29) is 23.1 Å². The van der Waals surface area contributed by atoms with Crippen molar-refractivity contribution in [2.75, 3.05) is 4.90 Å². The summed E-state index contributed by atoms with van der Waals surface area (Å²) in [6, 6.07) is 11.1. The molecule has 0 spiro atoms. The number of nitrogens with zero attached hydrogens (tertiary/aromatic N) is 3. The molecule has 1 aliphatic rings. The lowest BCUT2D eigenvalue weighted by Gasteiger charge is -2.21. The maximum Gasteiger partial charge on any atom is 0.416 e. The topological polar surface area (TPSA) is 55.3 Å². The Morgan fingerprint density at radius 2 is 1.95 bits per heavy atom. The van der Waals surface area contributed by atoms with Crippen LogP contribution in [-0.4, -0.2) is 22.1 Å². The second-order valence-electron chi connectivity index (χ2n) is 4.96. The van der Waals surface area contributed by atoms with Gasteiger partial charge < -0.3 is 4.74 Å². The zero-order chi connectivity index (χ0) is 15.5. The highest BCUT2D eigenvalue weighted by molar-refractivity contribution is 6.32. The number of rotatable bonds is 4. The molecule has 1 aromatic heterocycles. The lowest BCUT2D eigenvalue weighted by molar-refractivity contribution is 0.146. The largest absolute Gasteiger partial charge is 0.444 e. The molecule has 1 aliphatic carbocycles. The van der Waals surface area contributed by atoms with Gasteiger partial charge >= 0.3 is 6.09 Å². The zero-order valence-electron chi connectivity index (χ0n) is 11.6. The molecule has 0 radical (unpaired) electrons. The molecule has 0 aliphatic heterocycles. The summed E-state index contributed by atoms with van der Waals surface area (Å²) in [7, 11) is 0. The predicted molar refractivity (Wildman–Crippen MR) is 84.2 cm³/mol. The Balaban J connectivity index is 1.74. The zero-order valence-corrected chi connectivity index (χ0v) is 13.1. The Kier molecular flexibility index (Phi) is 4.45. The summed E-state index contributed by atoms with van der Waals surface area (Å²) in [5.41, 5.74) is 0.922. The van der Waals surface area contributed by atoms with Crippen LogP contribution in [-0.2, 0) is 11.3 Å². The molecule has 0 bridgehead atoms. The molecule has 0 atom stereocenters. The molecule has 22 heavy (non-hydrogen) atoms. The van der Waals surface area contributed by atoms with Gasteiger partial charge in [-0.15, -0.1) is 0 Å². The van der Waals surface area contributed by atoms with Crippen LogP contribution < -0.4 is 4.90 Å². The van der Waals surface area contributed by atoms with Crippen molar-refractivity contribution >= 4 is 35.1 Å². The molecule has 0 saturated heterocycles. The number of ether oxygens (including phenoxy) is 1. The minimum Gasteiger partial charge on any atom is -0.444 e. The second kappa shape index (κ2) is 6.50. The van der Waals surface area contributed by atoms with E-state index in [0.29, 0.717) is 5.82 Å². The van der Waals surface area contributed by atoms with Crippen molar-refractivity contribution in [1.82, 2.24) is 9.97 Å². The molecular weight excluding hydrogens is 325 g/mol. The first-order chi connectivity index (χ1) is 10.6. The Hall–Kier alpha value is -1.85. The minimum absolute atomic E-state index is 0.00371. The molecule has 1 heterocycles. The molecule has 1 saturated carbocycles. The molecule has 0 unspecified atom stereocenters. The maximum absolute atomic E-state index is 12.4. The second-order valence-corrected chi connectivity index (χ2v) is 5.68. The first-order valence-corrected chi connectivity index (χ1v) is 7.59. The van der Waals surface area contributed by atoms with Crippen LogP contribution in [0.5, 0.6) is 0 Å².